The lowest BCUT2D eigenvalue weighted by atomic mass is 10.1. The van der Waals surface area contributed by atoms with Crippen LogP contribution < -0.4 is 10.1 Å². The number of ether oxygens (including phenoxy) is 1. The second kappa shape index (κ2) is 7.13. The fourth-order valence-corrected chi connectivity index (χ4v) is 2.37. The number of aryl methyl sites for hydroxylation is 2. The average Bonchev–Trinajstić information content (AvgIpc) is 2.58. The Morgan fingerprint density at radius 2 is 1.52 bits per heavy atom. The third kappa shape index (κ3) is 4.20. The van der Waals surface area contributed by atoms with Crippen molar-refractivity contribution in [3.63, 3.8) is 0 Å². The minimum Gasteiger partial charge on any atom is -0.457 e. The van der Waals surface area contributed by atoms with Gasteiger partial charge in [0.25, 0.3) is 5.91 Å². The summed E-state index contributed by atoms with van der Waals surface area (Å²) in [6, 6.07) is 16.3. The Morgan fingerprint density at radius 1 is 0.920 bits per heavy atom. The molecule has 0 saturated heterocycles. The summed E-state index contributed by atoms with van der Waals surface area (Å²) in [4.78, 5) is 16.6. The van der Waals surface area contributed by atoms with Crippen LogP contribution in [0.5, 0.6) is 11.5 Å². The second-order valence-corrected chi connectivity index (χ2v) is 5.62. The fourth-order valence-electron chi connectivity index (χ4n) is 2.37. The minimum absolute atomic E-state index is 0.211. The van der Waals surface area contributed by atoms with Crippen LogP contribution in [-0.4, -0.2) is 10.9 Å². The summed E-state index contributed by atoms with van der Waals surface area (Å²) in [7, 11) is 0. The summed E-state index contributed by atoms with van der Waals surface area (Å²) < 4.78 is 18.5. The van der Waals surface area contributed by atoms with Crippen molar-refractivity contribution in [2.75, 3.05) is 5.32 Å². The fraction of sp³-hybridized carbons (Fsp3) is 0.100. The van der Waals surface area contributed by atoms with Crippen LogP contribution in [0, 0.1) is 19.7 Å². The smallest absolute Gasteiger partial charge is 0.257 e. The molecule has 1 N–H and O–H groups in total. The molecular weight excluding hydrogens is 319 g/mol. The number of hydrogen-bond acceptors (Lipinski definition) is 3. The third-order valence-corrected chi connectivity index (χ3v) is 3.63. The molecule has 0 fully saturated rings. The summed E-state index contributed by atoms with van der Waals surface area (Å²) in [6.07, 6.45) is 0. The van der Waals surface area contributed by atoms with Gasteiger partial charge in [0.15, 0.2) is 0 Å². The van der Waals surface area contributed by atoms with Gasteiger partial charge in [-0.3, -0.25) is 9.78 Å². The molecule has 0 saturated carbocycles. The van der Waals surface area contributed by atoms with Gasteiger partial charge in [0, 0.05) is 11.4 Å². The SMILES string of the molecule is Cc1ccc(C(=O)Nc2ccc(Oc3ccc(F)cc3)cc2)c(C)n1. The van der Waals surface area contributed by atoms with Crippen molar-refractivity contribution in [1.82, 2.24) is 4.98 Å². The van der Waals surface area contributed by atoms with Crippen molar-refractivity contribution >= 4 is 11.6 Å². The number of nitrogens with zero attached hydrogens (tertiary/aromatic N) is 1. The quantitative estimate of drug-likeness (QED) is 0.738. The zero-order valence-corrected chi connectivity index (χ0v) is 13.9. The lowest BCUT2D eigenvalue weighted by Crippen LogP contribution is -2.14. The molecule has 126 valence electrons. The van der Waals surface area contributed by atoms with E-state index in [1.54, 1.807) is 42.5 Å². The molecule has 0 unspecified atom stereocenters. The molecule has 1 heterocycles. The van der Waals surface area contributed by atoms with Gasteiger partial charge in [0.05, 0.1) is 11.3 Å². The van der Waals surface area contributed by atoms with Gasteiger partial charge in [-0.1, -0.05) is 0 Å². The van der Waals surface area contributed by atoms with E-state index in [0.29, 0.717) is 28.4 Å². The number of hydrogen-bond donors (Lipinski definition) is 1. The van der Waals surface area contributed by atoms with Gasteiger partial charge >= 0.3 is 0 Å². The molecule has 2 aromatic carbocycles. The average molecular weight is 336 g/mol. The molecule has 1 amide bonds. The molecule has 0 radical (unpaired) electrons. The van der Waals surface area contributed by atoms with E-state index in [-0.39, 0.29) is 11.7 Å². The number of halogens is 1. The maximum absolute atomic E-state index is 12.9. The van der Waals surface area contributed by atoms with Gasteiger partial charge < -0.3 is 10.1 Å². The molecule has 25 heavy (non-hydrogen) atoms. The van der Waals surface area contributed by atoms with Crippen molar-refractivity contribution in [3.05, 3.63) is 83.4 Å². The van der Waals surface area contributed by atoms with Crippen molar-refractivity contribution in [2.45, 2.75) is 13.8 Å². The van der Waals surface area contributed by atoms with E-state index in [4.69, 9.17) is 4.74 Å². The normalized spacial score (nSPS) is 10.4. The van der Waals surface area contributed by atoms with Gasteiger partial charge in [-0.15, -0.1) is 0 Å². The molecule has 0 bridgehead atoms. The number of carbonyl (C=O) groups excluding carboxylic acids is 1. The summed E-state index contributed by atoms with van der Waals surface area (Å²) in [5.74, 6) is 0.612. The summed E-state index contributed by atoms with van der Waals surface area (Å²) in [5, 5.41) is 2.83. The van der Waals surface area contributed by atoms with E-state index in [1.807, 2.05) is 19.9 Å². The monoisotopic (exact) mass is 336 g/mol. The van der Waals surface area contributed by atoms with Crippen molar-refractivity contribution < 1.29 is 13.9 Å². The molecule has 0 atom stereocenters. The van der Waals surface area contributed by atoms with E-state index in [0.717, 1.165) is 5.69 Å². The summed E-state index contributed by atoms with van der Waals surface area (Å²) in [5.41, 5.74) is 2.75. The lowest BCUT2D eigenvalue weighted by Gasteiger charge is -2.09. The number of anilines is 1. The highest BCUT2D eigenvalue weighted by Gasteiger charge is 2.10. The standard InChI is InChI=1S/C20H17FN2O2/c1-13-3-12-19(14(2)22-13)20(24)23-16-6-10-18(11-7-16)25-17-8-4-15(21)5-9-17/h3-12H,1-2H3,(H,23,24). The third-order valence-electron chi connectivity index (χ3n) is 3.63. The van der Waals surface area contributed by atoms with Gasteiger partial charge in [0.1, 0.15) is 17.3 Å². The van der Waals surface area contributed by atoms with E-state index in [9.17, 15) is 9.18 Å². The zero-order chi connectivity index (χ0) is 17.8. The van der Waals surface area contributed by atoms with Crippen LogP contribution >= 0.6 is 0 Å². The van der Waals surface area contributed by atoms with Crippen LogP contribution in [0.1, 0.15) is 21.7 Å². The Balaban J connectivity index is 1.67. The number of pyridine rings is 1. The van der Waals surface area contributed by atoms with Gasteiger partial charge in [-0.05, 0) is 74.5 Å². The van der Waals surface area contributed by atoms with E-state index < -0.39 is 0 Å². The number of amides is 1. The molecular formula is C20H17FN2O2. The predicted molar refractivity (Wildman–Crippen MR) is 94.6 cm³/mol. The van der Waals surface area contributed by atoms with Gasteiger partial charge in [0.2, 0.25) is 0 Å². The van der Waals surface area contributed by atoms with Crippen LogP contribution in [0.3, 0.4) is 0 Å². The number of rotatable bonds is 4. The molecule has 0 aliphatic heterocycles. The molecule has 3 rings (SSSR count). The maximum atomic E-state index is 12.9. The van der Waals surface area contributed by atoms with E-state index in [2.05, 4.69) is 10.3 Å². The Kier molecular flexibility index (Phi) is 4.75. The first-order valence-electron chi connectivity index (χ1n) is 7.80. The van der Waals surface area contributed by atoms with E-state index >= 15 is 0 Å². The Morgan fingerprint density at radius 3 is 2.12 bits per heavy atom. The van der Waals surface area contributed by atoms with Crippen LogP contribution in [0.25, 0.3) is 0 Å². The number of benzene rings is 2. The molecule has 5 heteroatoms. The Hall–Kier alpha value is -3.21. The number of carbonyl (C=O) groups is 1. The first-order chi connectivity index (χ1) is 12.0. The van der Waals surface area contributed by atoms with Crippen LogP contribution in [-0.2, 0) is 0 Å². The Bertz CT molecular complexity index is 891. The summed E-state index contributed by atoms with van der Waals surface area (Å²) >= 11 is 0. The molecule has 1 aromatic heterocycles. The van der Waals surface area contributed by atoms with Gasteiger partial charge in [-0.25, -0.2) is 4.39 Å². The van der Waals surface area contributed by atoms with E-state index in [1.165, 1.54) is 12.1 Å². The topological polar surface area (TPSA) is 51.2 Å². The second-order valence-electron chi connectivity index (χ2n) is 5.62. The molecule has 4 nitrogen and oxygen atoms in total. The highest BCUT2D eigenvalue weighted by molar-refractivity contribution is 6.05. The van der Waals surface area contributed by atoms with Crippen molar-refractivity contribution in [2.24, 2.45) is 0 Å². The van der Waals surface area contributed by atoms with Crippen molar-refractivity contribution in [3.8, 4) is 11.5 Å². The molecule has 0 spiro atoms. The molecule has 0 aliphatic carbocycles. The van der Waals surface area contributed by atoms with Gasteiger partial charge in [-0.2, -0.15) is 0 Å². The molecule has 3 aromatic rings. The first-order valence-corrected chi connectivity index (χ1v) is 7.80. The predicted octanol–water partition coefficient (Wildman–Crippen LogP) is 4.88. The van der Waals surface area contributed by atoms with Crippen LogP contribution in [0.4, 0.5) is 10.1 Å². The maximum Gasteiger partial charge on any atom is 0.257 e. The summed E-state index contributed by atoms with van der Waals surface area (Å²) in [6.45, 7) is 3.69. The first kappa shape index (κ1) is 16.6. The molecule has 0 aliphatic rings. The highest BCUT2D eigenvalue weighted by atomic mass is 19.1. The zero-order valence-electron chi connectivity index (χ0n) is 13.9. The number of aromatic nitrogens is 1. The highest BCUT2D eigenvalue weighted by Crippen LogP contribution is 2.23. The number of nitrogens with one attached hydrogen (secondary N) is 1. The van der Waals surface area contributed by atoms with Crippen molar-refractivity contribution in [1.29, 1.82) is 0 Å². The minimum atomic E-state index is -0.314. The largest absolute Gasteiger partial charge is 0.457 e. The lowest BCUT2D eigenvalue weighted by molar-refractivity contribution is 0.102. The van der Waals surface area contributed by atoms with Crippen LogP contribution in [0.15, 0.2) is 60.7 Å². The van der Waals surface area contributed by atoms with Crippen LogP contribution in [0.2, 0.25) is 0 Å². The Labute approximate surface area is 145 Å².